The largest absolute Gasteiger partial charge is 0.484 e. The molecule has 0 spiro atoms. The van der Waals surface area contributed by atoms with Crippen LogP contribution in [-0.2, 0) is 4.79 Å². The average Bonchev–Trinajstić information content (AvgIpc) is 2.74. The molecule has 7 heteroatoms. The Morgan fingerprint density at radius 2 is 1.79 bits per heavy atom. The average molecular weight is 386 g/mol. The molecule has 4 rings (SSSR count). The summed E-state index contributed by atoms with van der Waals surface area (Å²) in [7, 11) is 0. The van der Waals surface area contributed by atoms with Crippen molar-refractivity contribution >= 4 is 22.6 Å². The molecule has 0 atom stereocenters. The number of anilines is 1. The maximum atomic E-state index is 12.8. The van der Waals surface area contributed by atoms with E-state index in [4.69, 9.17) is 4.74 Å². The Kier molecular flexibility index (Phi) is 5.03. The molecule has 0 saturated heterocycles. The summed E-state index contributed by atoms with van der Waals surface area (Å²) >= 11 is 0. The van der Waals surface area contributed by atoms with Crippen LogP contribution in [0.3, 0.4) is 0 Å². The van der Waals surface area contributed by atoms with Gasteiger partial charge in [0.05, 0.1) is 11.1 Å². The molecule has 1 amide bonds. The third-order valence-corrected chi connectivity index (χ3v) is 4.33. The lowest BCUT2D eigenvalue weighted by Gasteiger charge is -2.12. The molecule has 2 aromatic carbocycles. The minimum absolute atomic E-state index is 0.0913. The van der Waals surface area contributed by atoms with Gasteiger partial charge in [0.25, 0.3) is 11.5 Å². The number of amides is 1. The molecule has 1 N–H and O–H groups in total. The molecule has 4 aromatic rings. The second-order valence-electron chi connectivity index (χ2n) is 6.37. The third kappa shape index (κ3) is 3.98. The molecular formula is C22H18N4O3. The molecule has 0 aliphatic rings. The van der Waals surface area contributed by atoms with Gasteiger partial charge in [-0.3, -0.25) is 14.2 Å². The standard InChI is InChI=1S/C22H18N4O3/c1-15-24-21-19(8-5-13-23-21)22(28)26(15)17-11-9-16(10-12-17)25-20(27)14-29-18-6-3-2-4-7-18/h2-13H,14H2,1H3,(H,25,27). The monoisotopic (exact) mass is 386 g/mol. The van der Waals surface area contributed by atoms with Crippen molar-refractivity contribution in [2.24, 2.45) is 0 Å². The van der Waals surface area contributed by atoms with E-state index in [9.17, 15) is 9.59 Å². The fourth-order valence-corrected chi connectivity index (χ4v) is 2.98. The highest BCUT2D eigenvalue weighted by atomic mass is 16.5. The second kappa shape index (κ2) is 7.93. The lowest BCUT2D eigenvalue weighted by Crippen LogP contribution is -2.23. The maximum absolute atomic E-state index is 12.8. The normalized spacial score (nSPS) is 10.7. The van der Waals surface area contributed by atoms with Gasteiger partial charge in [-0.2, -0.15) is 0 Å². The first-order chi connectivity index (χ1) is 14.1. The second-order valence-corrected chi connectivity index (χ2v) is 6.37. The van der Waals surface area contributed by atoms with E-state index >= 15 is 0 Å². The Morgan fingerprint density at radius 3 is 2.55 bits per heavy atom. The van der Waals surface area contributed by atoms with E-state index in [0.717, 1.165) is 0 Å². The fraction of sp³-hybridized carbons (Fsp3) is 0.0909. The van der Waals surface area contributed by atoms with Crippen molar-refractivity contribution in [3.63, 3.8) is 0 Å². The summed E-state index contributed by atoms with van der Waals surface area (Å²) in [4.78, 5) is 33.5. The van der Waals surface area contributed by atoms with E-state index in [1.54, 1.807) is 61.7 Å². The van der Waals surface area contributed by atoms with Gasteiger partial charge in [-0.25, -0.2) is 9.97 Å². The van der Waals surface area contributed by atoms with Gasteiger partial charge in [0.1, 0.15) is 11.6 Å². The molecule has 144 valence electrons. The lowest BCUT2D eigenvalue weighted by molar-refractivity contribution is -0.118. The van der Waals surface area contributed by atoms with E-state index in [2.05, 4.69) is 15.3 Å². The van der Waals surface area contributed by atoms with E-state index in [-0.39, 0.29) is 18.1 Å². The van der Waals surface area contributed by atoms with E-state index in [1.807, 2.05) is 18.2 Å². The van der Waals surface area contributed by atoms with Crippen molar-refractivity contribution in [1.29, 1.82) is 0 Å². The van der Waals surface area contributed by atoms with E-state index < -0.39 is 0 Å². The van der Waals surface area contributed by atoms with Crippen molar-refractivity contribution in [1.82, 2.24) is 14.5 Å². The summed E-state index contributed by atoms with van der Waals surface area (Å²) in [6.07, 6.45) is 1.61. The lowest BCUT2D eigenvalue weighted by atomic mass is 10.2. The van der Waals surface area contributed by atoms with Gasteiger partial charge in [0.2, 0.25) is 0 Å². The summed E-state index contributed by atoms with van der Waals surface area (Å²) in [5, 5.41) is 3.23. The SMILES string of the molecule is Cc1nc2ncccc2c(=O)n1-c1ccc(NC(=O)COc2ccccc2)cc1. The molecule has 0 fully saturated rings. The smallest absolute Gasteiger partial charge is 0.267 e. The molecule has 7 nitrogen and oxygen atoms in total. The van der Waals surface area contributed by atoms with Crippen LogP contribution in [0.15, 0.2) is 77.7 Å². The topological polar surface area (TPSA) is 86.1 Å². The number of fused-ring (bicyclic) bond motifs is 1. The number of aryl methyl sites for hydroxylation is 1. The summed E-state index contributed by atoms with van der Waals surface area (Å²) in [5.41, 5.74) is 1.50. The first-order valence-corrected chi connectivity index (χ1v) is 9.04. The van der Waals surface area contributed by atoms with Gasteiger partial charge in [-0.1, -0.05) is 18.2 Å². The number of carbonyl (C=O) groups is 1. The van der Waals surface area contributed by atoms with Gasteiger partial charge in [0, 0.05) is 11.9 Å². The first kappa shape index (κ1) is 18.4. The zero-order valence-corrected chi connectivity index (χ0v) is 15.7. The van der Waals surface area contributed by atoms with Crippen LogP contribution in [-0.4, -0.2) is 27.0 Å². The predicted molar refractivity (Wildman–Crippen MR) is 110 cm³/mol. The molecule has 0 aliphatic heterocycles. The summed E-state index contributed by atoms with van der Waals surface area (Å²) < 4.78 is 6.96. The summed E-state index contributed by atoms with van der Waals surface area (Å²) in [6.45, 7) is 1.66. The fourth-order valence-electron chi connectivity index (χ4n) is 2.98. The highest BCUT2D eigenvalue weighted by Gasteiger charge is 2.11. The number of para-hydroxylation sites is 1. The Morgan fingerprint density at radius 1 is 1.03 bits per heavy atom. The zero-order valence-electron chi connectivity index (χ0n) is 15.7. The molecule has 0 aliphatic carbocycles. The highest BCUT2D eigenvalue weighted by molar-refractivity contribution is 5.92. The molecule has 0 saturated carbocycles. The molecule has 0 bridgehead atoms. The van der Waals surface area contributed by atoms with Crippen LogP contribution in [0.2, 0.25) is 0 Å². The minimum Gasteiger partial charge on any atom is -0.484 e. The summed E-state index contributed by atoms with van der Waals surface area (Å²) in [5.74, 6) is 0.897. The first-order valence-electron chi connectivity index (χ1n) is 9.04. The highest BCUT2D eigenvalue weighted by Crippen LogP contribution is 2.15. The van der Waals surface area contributed by atoms with Crippen molar-refractivity contribution in [2.75, 3.05) is 11.9 Å². The van der Waals surface area contributed by atoms with Crippen molar-refractivity contribution in [3.8, 4) is 11.4 Å². The van der Waals surface area contributed by atoms with Crippen molar-refractivity contribution in [2.45, 2.75) is 6.92 Å². The van der Waals surface area contributed by atoms with Crippen LogP contribution in [0, 0.1) is 6.92 Å². The predicted octanol–water partition coefficient (Wildman–Crippen LogP) is 3.11. The van der Waals surface area contributed by atoms with Crippen LogP contribution in [0.25, 0.3) is 16.7 Å². The number of hydrogen-bond acceptors (Lipinski definition) is 5. The Hall–Kier alpha value is -4.00. The van der Waals surface area contributed by atoms with Crippen molar-refractivity contribution in [3.05, 3.63) is 89.1 Å². The van der Waals surface area contributed by atoms with Gasteiger partial charge in [0.15, 0.2) is 12.3 Å². The van der Waals surface area contributed by atoms with E-state index in [1.165, 1.54) is 4.57 Å². The van der Waals surface area contributed by atoms with Gasteiger partial charge in [-0.05, 0) is 55.5 Å². The third-order valence-electron chi connectivity index (χ3n) is 4.33. The Labute approximate surface area is 166 Å². The summed E-state index contributed by atoms with van der Waals surface area (Å²) in [6, 6.07) is 19.5. The number of nitrogens with zero attached hydrogens (tertiary/aromatic N) is 3. The number of pyridine rings is 1. The number of rotatable bonds is 5. The maximum Gasteiger partial charge on any atom is 0.267 e. The van der Waals surface area contributed by atoms with E-state index in [0.29, 0.717) is 34.0 Å². The quantitative estimate of drug-likeness (QED) is 0.570. The molecule has 29 heavy (non-hydrogen) atoms. The Bertz CT molecular complexity index is 1220. The number of benzene rings is 2. The molecule has 0 unspecified atom stereocenters. The molecule has 2 heterocycles. The molecular weight excluding hydrogens is 368 g/mol. The van der Waals surface area contributed by atoms with Crippen LogP contribution >= 0.6 is 0 Å². The number of aromatic nitrogens is 3. The number of nitrogens with one attached hydrogen (secondary N) is 1. The van der Waals surface area contributed by atoms with Gasteiger partial charge >= 0.3 is 0 Å². The van der Waals surface area contributed by atoms with Crippen LogP contribution in [0.4, 0.5) is 5.69 Å². The van der Waals surface area contributed by atoms with Gasteiger partial charge in [-0.15, -0.1) is 0 Å². The van der Waals surface area contributed by atoms with Crippen LogP contribution in [0.5, 0.6) is 5.75 Å². The molecule has 2 aromatic heterocycles. The zero-order chi connectivity index (χ0) is 20.2. The van der Waals surface area contributed by atoms with Crippen LogP contribution in [0.1, 0.15) is 5.82 Å². The number of ether oxygens (including phenoxy) is 1. The molecule has 0 radical (unpaired) electrons. The minimum atomic E-state index is -0.270. The number of hydrogen-bond donors (Lipinski definition) is 1. The van der Waals surface area contributed by atoms with Gasteiger partial charge < -0.3 is 10.1 Å². The Balaban J connectivity index is 1.50. The number of carbonyl (C=O) groups excluding carboxylic acids is 1. The van der Waals surface area contributed by atoms with Crippen LogP contribution < -0.4 is 15.6 Å². The van der Waals surface area contributed by atoms with Crippen molar-refractivity contribution < 1.29 is 9.53 Å².